The van der Waals surface area contributed by atoms with Crippen molar-refractivity contribution >= 4 is 16.9 Å². The van der Waals surface area contributed by atoms with Crippen LogP contribution >= 0.6 is 0 Å². The smallest absolute Gasteiger partial charge is 0.337 e. The number of hydrogen-bond acceptors (Lipinski definition) is 4. The Labute approximate surface area is 142 Å². The van der Waals surface area contributed by atoms with Crippen LogP contribution in [0.25, 0.3) is 10.9 Å². The van der Waals surface area contributed by atoms with Gasteiger partial charge in [-0.2, -0.15) is 0 Å². The number of carboxylic acids is 1. The molecule has 128 valence electrons. The minimum atomic E-state index is -0.937. The number of hydrogen-bond donors (Lipinski definition) is 1. The van der Waals surface area contributed by atoms with Gasteiger partial charge in [0.1, 0.15) is 0 Å². The van der Waals surface area contributed by atoms with E-state index in [1.807, 2.05) is 25.1 Å². The third-order valence-electron chi connectivity index (χ3n) is 4.87. The molecule has 0 bridgehead atoms. The molecule has 2 aromatic rings. The van der Waals surface area contributed by atoms with Crippen LogP contribution in [0.15, 0.2) is 30.5 Å². The Bertz CT molecular complexity index is 732. The highest BCUT2D eigenvalue weighted by atomic mass is 16.5. The van der Waals surface area contributed by atoms with Crippen LogP contribution in [0.3, 0.4) is 0 Å². The van der Waals surface area contributed by atoms with Gasteiger partial charge in [0.15, 0.2) is 0 Å². The maximum atomic E-state index is 11.5. The fraction of sp³-hybridized carbons (Fsp3) is 0.474. The molecule has 2 heterocycles. The SMILES string of the molecule is CCO[C@H]1CCN(CC)[C@H](c2ccc(C(=O)O)c3ncccc23)C1. The molecular formula is C19H24N2O3. The molecule has 0 amide bonds. The Kier molecular flexibility index (Phi) is 5.11. The van der Waals surface area contributed by atoms with Crippen LogP contribution in [0.1, 0.15) is 48.7 Å². The molecule has 3 rings (SSSR count). The standard InChI is InChI=1S/C19H24N2O3/c1-3-21-11-9-13(24-4-2)12-17(21)14-7-8-16(19(22)23)18-15(14)6-5-10-20-18/h5-8,10,13,17H,3-4,9,11-12H2,1-2H3,(H,22,23)/t13-,17-/m0/s1. The number of likely N-dealkylation sites (tertiary alicyclic amines) is 1. The largest absolute Gasteiger partial charge is 0.478 e. The summed E-state index contributed by atoms with van der Waals surface area (Å²) in [5.74, 6) is -0.937. The van der Waals surface area contributed by atoms with E-state index in [0.29, 0.717) is 5.52 Å². The van der Waals surface area contributed by atoms with Crippen molar-refractivity contribution < 1.29 is 14.6 Å². The lowest BCUT2D eigenvalue weighted by Gasteiger charge is -2.39. The Morgan fingerprint density at radius 3 is 2.92 bits per heavy atom. The molecule has 1 aromatic heterocycles. The fourth-order valence-electron chi connectivity index (χ4n) is 3.73. The third-order valence-corrected chi connectivity index (χ3v) is 4.87. The number of carboxylic acid groups (broad SMARTS) is 1. The number of aromatic carboxylic acids is 1. The summed E-state index contributed by atoms with van der Waals surface area (Å²) in [6, 6.07) is 7.72. The molecule has 0 radical (unpaired) electrons. The molecule has 24 heavy (non-hydrogen) atoms. The number of benzene rings is 1. The Balaban J connectivity index is 2.06. The van der Waals surface area contributed by atoms with Gasteiger partial charge >= 0.3 is 5.97 Å². The lowest BCUT2D eigenvalue weighted by Crippen LogP contribution is -2.39. The van der Waals surface area contributed by atoms with E-state index in [2.05, 4.69) is 16.8 Å². The highest BCUT2D eigenvalue weighted by Gasteiger charge is 2.30. The van der Waals surface area contributed by atoms with Crippen molar-refractivity contribution in [3.8, 4) is 0 Å². The van der Waals surface area contributed by atoms with Gasteiger partial charge in [-0.05, 0) is 44.0 Å². The lowest BCUT2D eigenvalue weighted by molar-refractivity contribution is -0.00916. The number of ether oxygens (including phenoxy) is 1. The Morgan fingerprint density at radius 1 is 1.38 bits per heavy atom. The Hall–Kier alpha value is -1.98. The van der Waals surface area contributed by atoms with E-state index < -0.39 is 5.97 Å². The number of aromatic nitrogens is 1. The van der Waals surface area contributed by atoms with E-state index in [-0.39, 0.29) is 17.7 Å². The summed E-state index contributed by atoms with van der Waals surface area (Å²) in [5, 5.41) is 10.4. The monoisotopic (exact) mass is 328 g/mol. The number of rotatable bonds is 5. The van der Waals surface area contributed by atoms with Crippen molar-refractivity contribution in [3.63, 3.8) is 0 Å². The Morgan fingerprint density at radius 2 is 2.21 bits per heavy atom. The summed E-state index contributed by atoms with van der Waals surface area (Å²) in [4.78, 5) is 18.3. The second-order valence-electron chi connectivity index (χ2n) is 6.15. The molecule has 1 N–H and O–H groups in total. The number of piperidine rings is 1. The molecule has 0 aliphatic carbocycles. The predicted molar refractivity (Wildman–Crippen MR) is 93.3 cm³/mol. The van der Waals surface area contributed by atoms with E-state index in [1.54, 1.807) is 12.3 Å². The fourth-order valence-corrected chi connectivity index (χ4v) is 3.73. The van der Waals surface area contributed by atoms with Gasteiger partial charge in [0.2, 0.25) is 0 Å². The maximum absolute atomic E-state index is 11.5. The van der Waals surface area contributed by atoms with E-state index in [1.165, 1.54) is 0 Å². The molecule has 1 aromatic carbocycles. The van der Waals surface area contributed by atoms with Gasteiger partial charge in [-0.1, -0.05) is 19.1 Å². The molecule has 1 saturated heterocycles. The van der Waals surface area contributed by atoms with Crippen molar-refractivity contribution in [2.45, 2.75) is 38.8 Å². The second-order valence-corrected chi connectivity index (χ2v) is 6.15. The summed E-state index contributed by atoms with van der Waals surface area (Å²) in [5.41, 5.74) is 1.97. The minimum absolute atomic E-state index is 0.231. The number of pyridine rings is 1. The van der Waals surface area contributed by atoms with Gasteiger partial charge in [-0.3, -0.25) is 9.88 Å². The summed E-state index contributed by atoms with van der Waals surface area (Å²) in [6.45, 7) is 6.88. The van der Waals surface area contributed by atoms with E-state index in [0.717, 1.165) is 43.5 Å². The summed E-state index contributed by atoms with van der Waals surface area (Å²) in [6.07, 6.45) is 3.88. The number of fused-ring (bicyclic) bond motifs is 1. The topological polar surface area (TPSA) is 62.7 Å². The summed E-state index contributed by atoms with van der Waals surface area (Å²) in [7, 11) is 0. The van der Waals surface area contributed by atoms with Gasteiger partial charge < -0.3 is 9.84 Å². The van der Waals surface area contributed by atoms with Gasteiger partial charge in [-0.25, -0.2) is 4.79 Å². The molecule has 1 fully saturated rings. The van der Waals surface area contributed by atoms with Crippen LogP contribution in [0.2, 0.25) is 0 Å². The van der Waals surface area contributed by atoms with Crippen LogP contribution < -0.4 is 0 Å². The maximum Gasteiger partial charge on any atom is 0.337 e. The predicted octanol–water partition coefficient (Wildman–Crippen LogP) is 3.49. The third kappa shape index (κ3) is 3.14. The van der Waals surface area contributed by atoms with E-state index >= 15 is 0 Å². The molecule has 0 unspecified atom stereocenters. The summed E-state index contributed by atoms with van der Waals surface area (Å²) < 4.78 is 5.86. The normalized spacial score (nSPS) is 21.9. The average molecular weight is 328 g/mol. The summed E-state index contributed by atoms with van der Waals surface area (Å²) >= 11 is 0. The first-order chi connectivity index (χ1) is 11.7. The van der Waals surface area contributed by atoms with Crippen LogP contribution in [0, 0.1) is 0 Å². The van der Waals surface area contributed by atoms with Crippen LogP contribution in [-0.4, -0.2) is 46.8 Å². The molecule has 5 heteroatoms. The van der Waals surface area contributed by atoms with Crippen LogP contribution in [-0.2, 0) is 4.74 Å². The van der Waals surface area contributed by atoms with Crippen LogP contribution in [0.5, 0.6) is 0 Å². The quantitative estimate of drug-likeness (QED) is 0.910. The molecule has 5 nitrogen and oxygen atoms in total. The van der Waals surface area contributed by atoms with E-state index in [9.17, 15) is 9.90 Å². The number of nitrogens with zero attached hydrogens (tertiary/aromatic N) is 2. The van der Waals surface area contributed by atoms with Crippen molar-refractivity contribution in [2.75, 3.05) is 19.7 Å². The van der Waals surface area contributed by atoms with Gasteiger partial charge in [0.05, 0.1) is 17.2 Å². The molecule has 1 aliphatic heterocycles. The highest BCUT2D eigenvalue weighted by Crippen LogP contribution is 2.36. The first-order valence-electron chi connectivity index (χ1n) is 8.62. The molecule has 2 atom stereocenters. The van der Waals surface area contributed by atoms with Crippen LogP contribution in [0.4, 0.5) is 0 Å². The van der Waals surface area contributed by atoms with Crippen molar-refractivity contribution in [2.24, 2.45) is 0 Å². The van der Waals surface area contributed by atoms with Gasteiger partial charge in [0.25, 0.3) is 0 Å². The zero-order valence-electron chi connectivity index (χ0n) is 14.2. The zero-order valence-corrected chi connectivity index (χ0v) is 14.2. The number of carbonyl (C=O) groups is 1. The molecule has 0 spiro atoms. The van der Waals surface area contributed by atoms with Gasteiger partial charge in [0, 0.05) is 30.8 Å². The molecule has 1 aliphatic rings. The van der Waals surface area contributed by atoms with Crippen molar-refractivity contribution in [3.05, 3.63) is 41.6 Å². The van der Waals surface area contributed by atoms with Crippen molar-refractivity contribution in [1.82, 2.24) is 9.88 Å². The van der Waals surface area contributed by atoms with Gasteiger partial charge in [-0.15, -0.1) is 0 Å². The lowest BCUT2D eigenvalue weighted by atomic mass is 9.90. The molecule has 0 saturated carbocycles. The average Bonchev–Trinajstić information content (AvgIpc) is 2.61. The first-order valence-corrected chi connectivity index (χ1v) is 8.62. The minimum Gasteiger partial charge on any atom is -0.478 e. The second kappa shape index (κ2) is 7.28. The highest BCUT2D eigenvalue weighted by molar-refractivity contribution is 6.02. The first kappa shape index (κ1) is 16.9. The molecular weight excluding hydrogens is 304 g/mol. The zero-order chi connectivity index (χ0) is 17.1. The van der Waals surface area contributed by atoms with E-state index in [4.69, 9.17) is 4.74 Å². The van der Waals surface area contributed by atoms with Crippen molar-refractivity contribution in [1.29, 1.82) is 0 Å².